The zero-order valence-corrected chi connectivity index (χ0v) is 13.3. The summed E-state index contributed by atoms with van der Waals surface area (Å²) in [5.41, 5.74) is 1.69. The summed E-state index contributed by atoms with van der Waals surface area (Å²) < 4.78 is 15.0. The first-order valence-corrected chi connectivity index (χ1v) is 6.80. The minimum atomic E-state index is -0.685. The second-order valence-electron chi connectivity index (χ2n) is 4.90. The standard InChI is InChI=1S/C17H18O6/c1-9-5-15(22-3)13(18)8-11(9)12-6-10(21-2)7-14(19)16(12)17(20)23-4/h5-8,18-19H,1-4H3. The highest BCUT2D eigenvalue weighted by molar-refractivity contribution is 6.01. The molecule has 0 atom stereocenters. The lowest BCUT2D eigenvalue weighted by Crippen LogP contribution is -2.05. The fraction of sp³-hybridized carbons (Fsp3) is 0.235. The van der Waals surface area contributed by atoms with Crippen LogP contribution in [0.25, 0.3) is 11.1 Å². The zero-order chi connectivity index (χ0) is 17.1. The minimum Gasteiger partial charge on any atom is -0.507 e. The number of ether oxygens (including phenoxy) is 3. The van der Waals surface area contributed by atoms with E-state index in [1.165, 1.54) is 33.5 Å². The normalized spacial score (nSPS) is 10.3. The SMILES string of the molecule is COC(=O)c1c(O)cc(OC)cc1-c1cc(O)c(OC)cc1C. The van der Waals surface area contributed by atoms with E-state index in [-0.39, 0.29) is 17.1 Å². The Morgan fingerprint density at radius 2 is 1.61 bits per heavy atom. The molecular weight excluding hydrogens is 300 g/mol. The topological polar surface area (TPSA) is 85.2 Å². The van der Waals surface area contributed by atoms with Gasteiger partial charge in [-0.25, -0.2) is 4.79 Å². The first-order chi connectivity index (χ1) is 10.9. The number of hydrogen-bond donors (Lipinski definition) is 2. The van der Waals surface area contributed by atoms with Crippen LogP contribution < -0.4 is 9.47 Å². The molecule has 2 aromatic rings. The molecule has 0 aromatic heterocycles. The first kappa shape index (κ1) is 16.5. The number of aryl methyl sites for hydroxylation is 1. The molecule has 0 radical (unpaired) electrons. The van der Waals surface area contributed by atoms with E-state index < -0.39 is 5.97 Å². The van der Waals surface area contributed by atoms with E-state index in [1.807, 2.05) is 0 Å². The lowest BCUT2D eigenvalue weighted by atomic mass is 9.94. The van der Waals surface area contributed by atoms with Crippen molar-refractivity contribution in [2.75, 3.05) is 21.3 Å². The van der Waals surface area contributed by atoms with E-state index in [1.54, 1.807) is 19.1 Å². The number of methoxy groups -OCH3 is 3. The second kappa shape index (κ2) is 6.48. The van der Waals surface area contributed by atoms with Crippen LogP contribution in [0.1, 0.15) is 15.9 Å². The average molecular weight is 318 g/mol. The maximum absolute atomic E-state index is 12.0. The maximum atomic E-state index is 12.0. The average Bonchev–Trinajstić information content (AvgIpc) is 2.54. The van der Waals surface area contributed by atoms with Crippen molar-refractivity contribution in [1.29, 1.82) is 0 Å². The maximum Gasteiger partial charge on any atom is 0.342 e. The predicted octanol–water partition coefficient (Wildman–Crippen LogP) is 2.88. The van der Waals surface area contributed by atoms with Crippen molar-refractivity contribution in [1.82, 2.24) is 0 Å². The van der Waals surface area contributed by atoms with E-state index in [9.17, 15) is 15.0 Å². The summed E-state index contributed by atoms with van der Waals surface area (Å²) >= 11 is 0. The number of benzene rings is 2. The molecule has 0 saturated heterocycles. The summed E-state index contributed by atoms with van der Waals surface area (Å²) in [6.07, 6.45) is 0. The molecular formula is C17H18O6. The van der Waals surface area contributed by atoms with Crippen LogP contribution in [0.5, 0.6) is 23.0 Å². The van der Waals surface area contributed by atoms with Crippen molar-refractivity contribution < 1.29 is 29.2 Å². The molecule has 2 aromatic carbocycles. The van der Waals surface area contributed by atoms with Crippen molar-refractivity contribution in [3.8, 4) is 34.1 Å². The summed E-state index contributed by atoms with van der Waals surface area (Å²) in [6, 6.07) is 6.03. The molecule has 122 valence electrons. The Hall–Kier alpha value is -2.89. The molecule has 0 bridgehead atoms. The van der Waals surface area contributed by atoms with Gasteiger partial charge in [0.05, 0.1) is 21.3 Å². The lowest BCUT2D eigenvalue weighted by molar-refractivity contribution is 0.0598. The number of carbonyl (C=O) groups is 1. The fourth-order valence-corrected chi connectivity index (χ4v) is 2.37. The van der Waals surface area contributed by atoms with Crippen LogP contribution in [0.4, 0.5) is 0 Å². The van der Waals surface area contributed by atoms with Gasteiger partial charge in [0.2, 0.25) is 0 Å². The summed E-state index contributed by atoms with van der Waals surface area (Å²) in [7, 11) is 4.13. The van der Waals surface area contributed by atoms with Gasteiger partial charge in [-0.1, -0.05) is 0 Å². The summed E-state index contributed by atoms with van der Waals surface area (Å²) in [5, 5.41) is 20.2. The third-order valence-corrected chi connectivity index (χ3v) is 3.53. The van der Waals surface area contributed by atoms with Gasteiger partial charge in [0.25, 0.3) is 0 Å². The van der Waals surface area contributed by atoms with Gasteiger partial charge in [0, 0.05) is 11.6 Å². The molecule has 0 spiro atoms. The molecule has 2 N–H and O–H groups in total. The molecule has 0 amide bonds. The Morgan fingerprint density at radius 3 is 2.17 bits per heavy atom. The van der Waals surface area contributed by atoms with Gasteiger partial charge in [-0.2, -0.15) is 0 Å². The Balaban J connectivity index is 2.78. The molecule has 0 heterocycles. The number of phenols is 2. The number of esters is 1. The van der Waals surface area contributed by atoms with Crippen LogP contribution in [0.15, 0.2) is 24.3 Å². The van der Waals surface area contributed by atoms with E-state index in [2.05, 4.69) is 0 Å². The molecule has 2 rings (SSSR count). The number of carbonyl (C=O) groups excluding carboxylic acids is 1. The molecule has 0 aliphatic heterocycles. The van der Waals surface area contributed by atoms with E-state index in [0.29, 0.717) is 22.6 Å². The zero-order valence-electron chi connectivity index (χ0n) is 13.3. The fourth-order valence-electron chi connectivity index (χ4n) is 2.37. The Bertz CT molecular complexity index is 751. The smallest absolute Gasteiger partial charge is 0.342 e. The van der Waals surface area contributed by atoms with Gasteiger partial charge in [-0.05, 0) is 36.2 Å². The van der Waals surface area contributed by atoms with Crippen molar-refractivity contribution in [2.24, 2.45) is 0 Å². The third-order valence-electron chi connectivity index (χ3n) is 3.53. The van der Waals surface area contributed by atoms with Crippen molar-refractivity contribution in [3.05, 3.63) is 35.4 Å². The molecule has 6 heteroatoms. The van der Waals surface area contributed by atoms with Gasteiger partial charge in [0.15, 0.2) is 11.5 Å². The highest BCUT2D eigenvalue weighted by atomic mass is 16.5. The van der Waals surface area contributed by atoms with E-state index in [4.69, 9.17) is 14.2 Å². The molecule has 0 fully saturated rings. The lowest BCUT2D eigenvalue weighted by Gasteiger charge is -2.15. The number of hydrogen-bond acceptors (Lipinski definition) is 6. The molecule has 0 aliphatic rings. The second-order valence-corrected chi connectivity index (χ2v) is 4.90. The highest BCUT2D eigenvalue weighted by Gasteiger charge is 2.22. The van der Waals surface area contributed by atoms with Crippen LogP contribution in [0, 0.1) is 6.92 Å². The van der Waals surface area contributed by atoms with Crippen LogP contribution in [0.2, 0.25) is 0 Å². The number of rotatable bonds is 4. The summed E-state index contributed by atoms with van der Waals surface area (Å²) in [5.74, 6) is -0.333. The van der Waals surface area contributed by atoms with Gasteiger partial charge in [0.1, 0.15) is 17.1 Å². The van der Waals surface area contributed by atoms with Crippen LogP contribution in [0.3, 0.4) is 0 Å². The van der Waals surface area contributed by atoms with Gasteiger partial charge < -0.3 is 24.4 Å². The van der Waals surface area contributed by atoms with Crippen LogP contribution in [-0.2, 0) is 4.74 Å². The monoisotopic (exact) mass is 318 g/mol. The molecule has 0 unspecified atom stereocenters. The largest absolute Gasteiger partial charge is 0.507 e. The Kier molecular flexibility index (Phi) is 4.64. The molecule has 6 nitrogen and oxygen atoms in total. The van der Waals surface area contributed by atoms with Gasteiger partial charge >= 0.3 is 5.97 Å². The quantitative estimate of drug-likeness (QED) is 0.843. The van der Waals surface area contributed by atoms with Crippen molar-refractivity contribution >= 4 is 5.97 Å². The third kappa shape index (κ3) is 3.01. The summed E-state index contributed by atoms with van der Waals surface area (Å²) in [6.45, 7) is 1.80. The van der Waals surface area contributed by atoms with E-state index in [0.717, 1.165) is 5.56 Å². The number of aromatic hydroxyl groups is 2. The molecule has 0 saturated carbocycles. The number of phenolic OH excluding ortho intramolecular Hbond substituents is 2. The van der Waals surface area contributed by atoms with Crippen molar-refractivity contribution in [3.63, 3.8) is 0 Å². The predicted molar refractivity (Wildman–Crippen MR) is 84.4 cm³/mol. The van der Waals surface area contributed by atoms with Crippen molar-refractivity contribution in [2.45, 2.75) is 6.92 Å². The van der Waals surface area contributed by atoms with Gasteiger partial charge in [-0.15, -0.1) is 0 Å². The van der Waals surface area contributed by atoms with Crippen LogP contribution >= 0.6 is 0 Å². The van der Waals surface area contributed by atoms with Gasteiger partial charge in [-0.3, -0.25) is 0 Å². The molecule has 0 aliphatic carbocycles. The minimum absolute atomic E-state index is 0.000895. The first-order valence-electron chi connectivity index (χ1n) is 6.80. The van der Waals surface area contributed by atoms with Crippen LogP contribution in [-0.4, -0.2) is 37.5 Å². The molecule has 23 heavy (non-hydrogen) atoms. The van der Waals surface area contributed by atoms with E-state index >= 15 is 0 Å². The Labute approximate surface area is 133 Å². The summed E-state index contributed by atoms with van der Waals surface area (Å²) in [4.78, 5) is 12.0. The highest BCUT2D eigenvalue weighted by Crippen LogP contribution is 2.40. The Morgan fingerprint density at radius 1 is 0.913 bits per heavy atom.